The fourth-order valence-electron chi connectivity index (χ4n) is 22.3. The maximum atomic E-state index is 5.11. The number of anilines is 9. The first-order chi connectivity index (χ1) is 73.6. The first-order valence-corrected chi connectivity index (χ1v) is 51.4. The van der Waals surface area contributed by atoms with Gasteiger partial charge in [-0.2, -0.15) is 0 Å². The molecule has 0 aliphatic carbocycles. The lowest BCUT2D eigenvalue weighted by Gasteiger charge is -2.29. The van der Waals surface area contributed by atoms with Crippen LogP contribution in [0.15, 0.2) is 510 Å². The van der Waals surface area contributed by atoms with Crippen molar-refractivity contribution in [1.82, 2.24) is 42.4 Å². The summed E-state index contributed by atoms with van der Waals surface area (Å²) in [7, 11) is 0. The van der Waals surface area contributed by atoms with Gasteiger partial charge in [0, 0.05) is 129 Å². The fourth-order valence-corrected chi connectivity index (χ4v) is 22.3. The Bertz CT molecular complexity index is 9480. The minimum Gasteiger partial charge on any atom is -0.311 e. The molecule has 0 aliphatic heterocycles. The zero-order chi connectivity index (χ0) is 101. The van der Waals surface area contributed by atoms with Crippen LogP contribution in [0.2, 0.25) is 0 Å². The number of hydrogen-bond donors (Lipinski definition) is 0. The number of aromatic nitrogens is 9. The largest absolute Gasteiger partial charge is 0.311 e. The van der Waals surface area contributed by atoms with Crippen molar-refractivity contribution < 1.29 is 0 Å². The molecule has 0 bridgehead atoms. The second-order valence-corrected chi connectivity index (χ2v) is 40.0. The van der Waals surface area contributed by atoms with Gasteiger partial charge in [0.1, 0.15) is 17.5 Å². The monoisotopic (exact) mass is 1930 g/mol. The molecular weight excluding hydrogens is 1830 g/mol. The Hall–Kier alpha value is -19.2. The quantitative estimate of drug-likeness (QED) is 0.0852. The summed E-state index contributed by atoms with van der Waals surface area (Å²) in [4.78, 5) is 22.4. The van der Waals surface area contributed by atoms with Crippen LogP contribution in [0, 0.1) is 34.6 Å². The van der Waals surface area contributed by atoms with Crippen LogP contribution in [-0.2, 0) is 5.41 Å². The van der Waals surface area contributed by atoms with Crippen molar-refractivity contribution in [3.05, 3.63) is 543 Å². The number of rotatable bonds is 18. The minimum absolute atomic E-state index is 0.0686. The molecule has 0 saturated carbocycles. The van der Waals surface area contributed by atoms with E-state index in [2.05, 4.69) is 583 Å². The average molecular weight is 1930 g/mol. The van der Waals surface area contributed by atoms with E-state index in [1.54, 1.807) is 0 Å². The first kappa shape index (κ1) is 92.0. The van der Waals surface area contributed by atoms with Gasteiger partial charge in [0.05, 0.1) is 71.9 Å². The predicted molar refractivity (Wildman–Crippen MR) is 629 cm³/mol. The SMILES string of the molecule is CC(C)(C)c1ccc(N(c2ccc(-c3nc4ccccc4n3-c3ccccc3)cc2)c2ccc(-n3c4ccccc4c4ccccc43)cc2)cc1.Cc1cc(C)c(N(c2ccc(-c3nc4ccccc4n3-c3ccccc3)cc2)c2ccc(-n3c4ccccc4c4ccccc43)cc2)c(C)c1.Cc1cc(C)cc(N(c2ccc(-c3nc4ccccc4n3-c3ccccc3)cc2)c2ccc(-n3c4ccccc4c4ccccc43)cc2)c1. The van der Waals surface area contributed by atoms with Crippen LogP contribution in [0.3, 0.4) is 0 Å². The summed E-state index contributed by atoms with van der Waals surface area (Å²) in [6.07, 6.45) is 0. The van der Waals surface area contributed by atoms with Gasteiger partial charge in [-0.25, -0.2) is 15.0 Å². The van der Waals surface area contributed by atoms with Crippen molar-refractivity contribution in [1.29, 1.82) is 0 Å². The number of nitrogens with zero attached hydrogens (tertiary/aromatic N) is 12. The van der Waals surface area contributed by atoms with E-state index in [0.717, 1.165) is 147 Å². The average Bonchev–Trinajstić information content (AvgIpc) is 1.58. The lowest BCUT2D eigenvalue weighted by atomic mass is 9.87. The third-order valence-electron chi connectivity index (χ3n) is 29.0. The maximum absolute atomic E-state index is 5.11. The molecular formula is C138H108N12. The lowest BCUT2D eigenvalue weighted by molar-refractivity contribution is 0.590. The van der Waals surface area contributed by atoms with E-state index in [0.29, 0.717) is 0 Å². The highest BCUT2D eigenvalue weighted by molar-refractivity contribution is 6.12. The molecule has 27 aromatic rings. The second-order valence-electron chi connectivity index (χ2n) is 40.0. The van der Waals surface area contributed by atoms with E-state index >= 15 is 0 Å². The van der Waals surface area contributed by atoms with Crippen molar-refractivity contribution in [2.24, 2.45) is 0 Å². The molecule has 6 heterocycles. The highest BCUT2D eigenvalue weighted by atomic mass is 15.2. The summed E-state index contributed by atoms with van der Waals surface area (Å²) < 4.78 is 13.9. The normalized spacial score (nSPS) is 11.6. The summed E-state index contributed by atoms with van der Waals surface area (Å²) >= 11 is 0. The summed E-state index contributed by atoms with van der Waals surface area (Å²) in [6.45, 7) is 17.7. The molecule has 0 N–H and O–H groups in total. The van der Waals surface area contributed by atoms with Crippen LogP contribution in [0.25, 0.3) is 167 Å². The van der Waals surface area contributed by atoms with Gasteiger partial charge in [0.15, 0.2) is 0 Å². The van der Waals surface area contributed by atoms with Crippen LogP contribution in [0.4, 0.5) is 51.2 Å². The third-order valence-corrected chi connectivity index (χ3v) is 29.0. The number of para-hydroxylation sites is 15. The molecule has 0 radical (unpaired) electrons. The molecule has 720 valence electrons. The van der Waals surface area contributed by atoms with Gasteiger partial charge in [0.2, 0.25) is 0 Å². The topological polar surface area (TPSA) is 78.0 Å². The van der Waals surface area contributed by atoms with Gasteiger partial charge in [-0.15, -0.1) is 0 Å². The zero-order valence-electron chi connectivity index (χ0n) is 84.9. The highest BCUT2D eigenvalue weighted by Crippen LogP contribution is 2.47. The van der Waals surface area contributed by atoms with Gasteiger partial charge < -0.3 is 28.4 Å². The van der Waals surface area contributed by atoms with Gasteiger partial charge >= 0.3 is 0 Å². The standard InChI is InChI=1S/C47H38N4.C46H36N4.C45H34N4/c1-47(2,3)34-23-27-37(28-24-34)49(38-29-31-39(32-30-38)50-43-18-10-7-15-40(43)41-16-8-11-19-44(41)50)36-25-21-33(22-26-36)46-48-42-17-9-12-20-45(42)51(46)35-13-5-4-6-14-35;1-31-29-32(2)45(33(3)30-31)48(37-25-27-38(28-26-37)49-42-18-10-7-15-39(42)40-16-8-11-19-43(40)49)36-23-21-34(22-24-36)46-47-41-17-9-12-20-44(41)50(46)35-13-5-4-6-14-35;1-31-28-32(2)30-38(29-31)47(36-24-26-37(27-25-36)48-42-17-9-6-14-39(42)40-15-7-10-18-43(40)48)35-22-20-33(21-23-35)45-46-41-16-8-11-19-44(41)49(45)34-12-4-3-5-13-34/h4-32H,1-3H3;4-30H,1-3H3;3-30H,1-2H3. The number of hydrogen-bond acceptors (Lipinski definition) is 6. The predicted octanol–water partition coefficient (Wildman–Crippen LogP) is 36.6. The van der Waals surface area contributed by atoms with E-state index in [9.17, 15) is 0 Å². The van der Waals surface area contributed by atoms with Crippen LogP contribution in [0.1, 0.15) is 54.2 Å². The van der Waals surface area contributed by atoms with E-state index in [1.165, 1.54) is 104 Å². The molecule has 12 heteroatoms. The molecule has 27 rings (SSSR count). The van der Waals surface area contributed by atoms with Crippen molar-refractivity contribution in [3.63, 3.8) is 0 Å². The first-order valence-electron chi connectivity index (χ1n) is 51.4. The van der Waals surface area contributed by atoms with Crippen LogP contribution in [-0.4, -0.2) is 42.4 Å². The van der Waals surface area contributed by atoms with E-state index < -0.39 is 0 Å². The molecule has 6 aromatic heterocycles. The molecule has 0 saturated heterocycles. The van der Waals surface area contributed by atoms with Crippen molar-refractivity contribution in [2.75, 3.05) is 14.7 Å². The number of fused-ring (bicyclic) bond motifs is 12. The second kappa shape index (κ2) is 38.7. The smallest absolute Gasteiger partial charge is 0.145 e. The summed E-state index contributed by atoms with van der Waals surface area (Å²) in [5.41, 5.74) is 40.9. The van der Waals surface area contributed by atoms with Crippen molar-refractivity contribution in [2.45, 2.75) is 60.8 Å². The van der Waals surface area contributed by atoms with Gasteiger partial charge in [-0.1, -0.05) is 257 Å². The zero-order valence-corrected chi connectivity index (χ0v) is 84.9. The molecule has 0 aliphatic rings. The Morgan fingerprint density at radius 3 is 0.667 bits per heavy atom. The van der Waals surface area contributed by atoms with Crippen LogP contribution in [0.5, 0.6) is 0 Å². The third kappa shape index (κ3) is 17.0. The highest BCUT2D eigenvalue weighted by Gasteiger charge is 2.27. The molecule has 150 heavy (non-hydrogen) atoms. The van der Waals surface area contributed by atoms with E-state index in [1.807, 2.05) is 24.3 Å². The summed E-state index contributed by atoms with van der Waals surface area (Å²) in [5.74, 6) is 2.77. The molecule has 0 unspecified atom stereocenters. The number of aryl methyl sites for hydroxylation is 5. The molecule has 0 atom stereocenters. The van der Waals surface area contributed by atoms with Crippen LogP contribution < -0.4 is 14.7 Å². The maximum Gasteiger partial charge on any atom is 0.145 e. The number of imidazole rings is 3. The fraction of sp³-hybridized carbons (Fsp3) is 0.0652. The molecule has 0 spiro atoms. The van der Waals surface area contributed by atoms with Crippen molar-refractivity contribution in [3.8, 4) is 68.3 Å². The molecule has 21 aromatic carbocycles. The number of benzene rings is 21. The Kier molecular flexibility index (Phi) is 23.8. The Morgan fingerprint density at radius 2 is 0.393 bits per heavy atom. The minimum atomic E-state index is 0.0686. The molecule has 0 fully saturated rings. The Labute approximate surface area is 872 Å². The van der Waals surface area contributed by atoms with Gasteiger partial charge in [0.25, 0.3) is 0 Å². The van der Waals surface area contributed by atoms with E-state index in [4.69, 9.17) is 15.0 Å². The lowest BCUT2D eigenvalue weighted by Crippen LogP contribution is -2.13. The molecule has 0 amide bonds. The van der Waals surface area contributed by atoms with Gasteiger partial charge in [-0.05, 0) is 347 Å². The van der Waals surface area contributed by atoms with E-state index in [-0.39, 0.29) is 5.41 Å². The van der Waals surface area contributed by atoms with Crippen LogP contribution >= 0.6 is 0 Å². The van der Waals surface area contributed by atoms with Gasteiger partial charge in [-0.3, -0.25) is 13.7 Å². The summed E-state index contributed by atoms with van der Waals surface area (Å²) in [5, 5.41) is 7.58. The molecule has 12 nitrogen and oxygen atoms in total. The summed E-state index contributed by atoms with van der Waals surface area (Å²) in [6, 6.07) is 182. The van der Waals surface area contributed by atoms with Crippen molar-refractivity contribution >= 4 is 150 Å². The Balaban J connectivity index is 0.000000116. The Morgan fingerprint density at radius 1 is 0.180 bits per heavy atom.